The van der Waals surface area contributed by atoms with Crippen molar-refractivity contribution >= 4 is 5.78 Å². The first-order valence-electron chi connectivity index (χ1n) is 8.20. The van der Waals surface area contributed by atoms with Crippen molar-refractivity contribution in [2.75, 3.05) is 6.54 Å². The molecule has 20 heavy (non-hydrogen) atoms. The summed E-state index contributed by atoms with van der Waals surface area (Å²) < 4.78 is 0. The second kappa shape index (κ2) is 13.5. The minimum atomic E-state index is -1.12. The third-order valence-corrected chi connectivity index (χ3v) is 3.67. The highest BCUT2D eigenvalue weighted by Crippen LogP contribution is 2.12. The van der Waals surface area contributed by atoms with E-state index in [1.807, 2.05) is 0 Å². The number of nitrogens with two attached hydrogens (primary N) is 1. The van der Waals surface area contributed by atoms with Gasteiger partial charge in [0, 0.05) is 13.0 Å². The summed E-state index contributed by atoms with van der Waals surface area (Å²) in [5, 5.41) is 18.9. The van der Waals surface area contributed by atoms with E-state index in [0.717, 1.165) is 12.8 Å². The minimum Gasteiger partial charge on any atom is -0.393 e. The predicted molar refractivity (Wildman–Crippen MR) is 82.5 cm³/mol. The summed E-state index contributed by atoms with van der Waals surface area (Å²) in [5.41, 5.74) is 5.19. The molecule has 0 rings (SSSR count). The quantitative estimate of drug-likeness (QED) is 0.429. The van der Waals surface area contributed by atoms with Crippen LogP contribution in [0.5, 0.6) is 0 Å². The van der Waals surface area contributed by atoms with Crippen LogP contribution >= 0.6 is 0 Å². The lowest BCUT2D eigenvalue weighted by Gasteiger charge is -2.12. The molecule has 4 nitrogen and oxygen atoms in total. The summed E-state index contributed by atoms with van der Waals surface area (Å²) in [6.45, 7) is 2.16. The Hall–Kier alpha value is -0.450. The third-order valence-electron chi connectivity index (χ3n) is 3.67. The second-order valence-corrected chi connectivity index (χ2v) is 5.69. The lowest BCUT2D eigenvalue weighted by Crippen LogP contribution is -2.31. The fourth-order valence-corrected chi connectivity index (χ4v) is 2.29. The topological polar surface area (TPSA) is 83.5 Å². The third kappa shape index (κ3) is 11.4. The van der Waals surface area contributed by atoms with Gasteiger partial charge in [-0.15, -0.1) is 0 Å². The number of carbonyl (C=O) groups excluding carboxylic acids is 1. The molecule has 0 aromatic carbocycles. The van der Waals surface area contributed by atoms with Crippen LogP contribution in [-0.2, 0) is 4.79 Å². The number of unbranched alkanes of at least 4 members (excludes halogenated alkanes) is 8. The second-order valence-electron chi connectivity index (χ2n) is 5.69. The molecule has 0 radical (unpaired) electrons. The van der Waals surface area contributed by atoms with Crippen LogP contribution < -0.4 is 5.73 Å². The zero-order chi connectivity index (χ0) is 15.2. The number of ketones is 1. The van der Waals surface area contributed by atoms with E-state index in [9.17, 15) is 15.0 Å². The largest absolute Gasteiger partial charge is 0.393 e. The fraction of sp³-hybridized carbons (Fsp3) is 0.938. The van der Waals surface area contributed by atoms with Crippen molar-refractivity contribution in [3.63, 3.8) is 0 Å². The monoisotopic (exact) mass is 287 g/mol. The van der Waals surface area contributed by atoms with Crippen LogP contribution in [0.2, 0.25) is 0 Å². The summed E-state index contributed by atoms with van der Waals surface area (Å²) in [5.74, 6) is -0.351. The molecule has 4 N–H and O–H groups in total. The van der Waals surface area contributed by atoms with Crippen LogP contribution in [0, 0.1) is 0 Å². The van der Waals surface area contributed by atoms with Gasteiger partial charge < -0.3 is 15.9 Å². The number of aliphatic hydroxyl groups excluding tert-OH is 2. The van der Waals surface area contributed by atoms with Crippen molar-refractivity contribution < 1.29 is 15.0 Å². The number of carbonyl (C=O) groups is 1. The highest BCUT2D eigenvalue weighted by Gasteiger charge is 2.17. The van der Waals surface area contributed by atoms with Crippen molar-refractivity contribution in [1.82, 2.24) is 0 Å². The van der Waals surface area contributed by atoms with Gasteiger partial charge >= 0.3 is 0 Å². The van der Waals surface area contributed by atoms with Crippen LogP contribution in [0.4, 0.5) is 0 Å². The summed E-state index contributed by atoms with van der Waals surface area (Å²) in [6, 6.07) is 0. The van der Waals surface area contributed by atoms with E-state index in [1.54, 1.807) is 0 Å². The molecule has 120 valence electrons. The molecule has 0 aliphatic carbocycles. The maximum Gasteiger partial charge on any atom is 0.165 e. The summed E-state index contributed by atoms with van der Waals surface area (Å²) in [6.07, 6.45) is 10.1. The Balaban J connectivity index is 3.35. The Morgan fingerprint density at radius 2 is 1.45 bits per heavy atom. The van der Waals surface area contributed by atoms with Crippen molar-refractivity contribution in [3.05, 3.63) is 0 Å². The minimum absolute atomic E-state index is 0.0232. The zero-order valence-corrected chi connectivity index (χ0v) is 13.0. The van der Waals surface area contributed by atoms with Crippen LogP contribution in [0.15, 0.2) is 0 Å². The predicted octanol–water partition coefficient (Wildman–Crippen LogP) is 2.55. The van der Waals surface area contributed by atoms with E-state index >= 15 is 0 Å². The number of hydrogen-bond donors (Lipinski definition) is 3. The molecular formula is C16H33NO3. The molecule has 0 saturated heterocycles. The van der Waals surface area contributed by atoms with Gasteiger partial charge in [-0.25, -0.2) is 0 Å². The first-order valence-corrected chi connectivity index (χ1v) is 8.20. The number of hydrogen-bond acceptors (Lipinski definition) is 4. The molecule has 2 unspecified atom stereocenters. The Bertz CT molecular complexity index is 234. The standard InChI is InChI=1S/C16H33NO3/c1-2-3-4-5-6-7-8-9-10-11-14(18)12-15(19)16(20)13-17/h14,16,18,20H,2-13,17H2,1H3. The van der Waals surface area contributed by atoms with Crippen molar-refractivity contribution in [2.45, 2.75) is 89.8 Å². The smallest absolute Gasteiger partial charge is 0.165 e. The van der Waals surface area contributed by atoms with E-state index in [4.69, 9.17) is 5.73 Å². The molecule has 0 aromatic heterocycles. The van der Waals surface area contributed by atoms with Crippen molar-refractivity contribution in [3.8, 4) is 0 Å². The van der Waals surface area contributed by atoms with E-state index in [0.29, 0.717) is 6.42 Å². The summed E-state index contributed by atoms with van der Waals surface area (Å²) >= 11 is 0. The SMILES string of the molecule is CCCCCCCCCCCC(O)CC(=O)C(O)CN. The molecule has 0 spiro atoms. The summed E-state index contributed by atoms with van der Waals surface area (Å²) in [4.78, 5) is 11.4. The van der Waals surface area contributed by atoms with E-state index < -0.39 is 12.2 Å². The fourth-order valence-electron chi connectivity index (χ4n) is 2.29. The van der Waals surface area contributed by atoms with Gasteiger partial charge in [0.15, 0.2) is 5.78 Å². The molecular weight excluding hydrogens is 254 g/mol. The van der Waals surface area contributed by atoms with Crippen LogP contribution in [0.1, 0.15) is 77.6 Å². The van der Waals surface area contributed by atoms with Crippen LogP contribution in [-0.4, -0.2) is 34.7 Å². The molecule has 0 bridgehead atoms. The molecule has 0 aliphatic heterocycles. The average molecular weight is 287 g/mol. The van der Waals surface area contributed by atoms with E-state index in [1.165, 1.54) is 44.9 Å². The lowest BCUT2D eigenvalue weighted by atomic mass is 10.0. The van der Waals surface area contributed by atoms with Crippen LogP contribution in [0.25, 0.3) is 0 Å². The lowest BCUT2D eigenvalue weighted by molar-refractivity contribution is -0.128. The molecule has 0 saturated carbocycles. The van der Waals surface area contributed by atoms with Gasteiger partial charge in [-0.3, -0.25) is 4.79 Å². The summed E-state index contributed by atoms with van der Waals surface area (Å²) in [7, 11) is 0. The molecule has 0 aromatic rings. The van der Waals surface area contributed by atoms with Crippen molar-refractivity contribution in [2.24, 2.45) is 5.73 Å². The maximum absolute atomic E-state index is 11.4. The zero-order valence-electron chi connectivity index (χ0n) is 13.0. The van der Waals surface area contributed by atoms with Gasteiger partial charge in [-0.2, -0.15) is 0 Å². The van der Waals surface area contributed by atoms with Gasteiger partial charge in [0.1, 0.15) is 6.10 Å². The van der Waals surface area contributed by atoms with Crippen molar-refractivity contribution in [1.29, 1.82) is 0 Å². The van der Waals surface area contributed by atoms with Crippen LogP contribution in [0.3, 0.4) is 0 Å². The van der Waals surface area contributed by atoms with Gasteiger partial charge in [-0.1, -0.05) is 64.7 Å². The molecule has 0 fully saturated rings. The Labute approximate surface area is 123 Å². The highest BCUT2D eigenvalue weighted by atomic mass is 16.3. The van der Waals surface area contributed by atoms with Gasteiger partial charge in [-0.05, 0) is 6.42 Å². The average Bonchev–Trinajstić information content (AvgIpc) is 2.44. The molecule has 0 aliphatic rings. The Morgan fingerprint density at radius 3 is 1.95 bits per heavy atom. The van der Waals surface area contributed by atoms with Gasteiger partial charge in [0.05, 0.1) is 6.10 Å². The molecule has 2 atom stereocenters. The Morgan fingerprint density at radius 1 is 0.950 bits per heavy atom. The number of rotatable bonds is 14. The van der Waals surface area contributed by atoms with Gasteiger partial charge in [0.2, 0.25) is 0 Å². The first-order chi connectivity index (χ1) is 9.61. The molecule has 4 heteroatoms. The first kappa shape index (κ1) is 19.6. The number of Topliss-reactive ketones (excluding diaryl/α,β-unsaturated/α-hetero) is 1. The van der Waals surface area contributed by atoms with Gasteiger partial charge in [0.25, 0.3) is 0 Å². The maximum atomic E-state index is 11.4. The molecule has 0 amide bonds. The normalized spacial score (nSPS) is 14.2. The highest BCUT2D eigenvalue weighted by molar-refractivity contribution is 5.83. The van der Waals surface area contributed by atoms with E-state index in [2.05, 4.69) is 6.92 Å². The van der Waals surface area contributed by atoms with E-state index in [-0.39, 0.29) is 18.7 Å². The molecule has 0 heterocycles. The Kier molecular flexibility index (Phi) is 13.2. The number of aliphatic hydroxyl groups is 2.